The van der Waals surface area contributed by atoms with Crippen molar-refractivity contribution in [2.75, 3.05) is 18.2 Å². The largest absolute Gasteiger partial charge is 0.367 e. The van der Waals surface area contributed by atoms with Gasteiger partial charge in [0.2, 0.25) is 5.88 Å². The molecule has 2 rings (SSSR count). The Kier molecular flexibility index (Phi) is 3.34. The molecule has 0 saturated carbocycles. The third-order valence-electron chi connectivity index (χ3n) is 2.65. The van der Waals surface area contributed by atoms with Crippen molar-refractivity contribution in [1.82, 2.24) is 5.16 Å². The zero-order valence-corrected chi connectivity index (χ0v) is 12.3. The van der Waals surface area contributed by atoms with Gasteiger partial charge in [0.05, 0.1) is 21.6 Å². The van der Waals surface area contributed by atoms with Gasteiger partial charge < -0.3 is 10.3 Å². The lowest BCUT2D eigenvalue weighted by atomic mass is 10.1. The van der Waals surface area contributed by atoms with E-state index in [9.17, 15) is 16.8 Å². The number of benzene rings is 1. The van der Waals surface area contributed by atoms with Gasteiger partial charge in [-0.15, -0.1) is 0 Å². The molecular weight excluding hydrogens is 304 g/mol. The van der Waals surface area contributed by atoms with Gasteiger partial charge in [-0.2, -0.15) is 0 Å². The Balaban J connectivity index is 2.78. The molecule has 1 aromatic heterocycles. The summed E-state index contributed by atoms with van der Waals surface area (Å²) in [5.41, 5.74) is 6.37. The van der Waals surface area contributed by atoms with Crippen molar-refractivity contribution in [1.29, 1.82) is 0 Å². The van der Waals surface area contributed by atoms with E-state index in [0.717, 1.165) is 12.5 Å². The fourth-order valence-electron chi connectivity index (χ4n) is 1.74. The molecule has 0 spiro atoms. The summed E-state index contributed by atoms with van der Waals surface area (Å²) < 4.78 is 51.5. The van der Waals surface area contributed by atoms with E-state index in [1.54, 1.807) is 0 Å². The lowest BCUT2D eigenvalue weighted by Gasteiger charge is -2.08. The first kappa shape index (κ1) is 14.5. The Morgan fingerprint density at radius 2 is 1.65 bits per heavy atom. The predicted octanol–water partition coefficient (Wildman–Crippen LogP) is 0.731. The van der Waals surface area contributed by atoms with Crippen LogP contribution in [0.1, 0.15) is 0 Å². The van der Waals surface area contributed by atoms with Crippen molar-refractivity contribution in [2.45, 2.75) is 9.79 Å². The van der Waals surface area contributed by atoms with Gasteiger partial charge in [0.15, 0.2) is 19.7 Å². The van der Waals surface area contributed by atoms with E-state index < -0.39 is 19.7 Å². The van der Waals surface area contributed by atoms with Crippen molar-refractivity contribution in [3.05, 3.63) is 24.4 Å². The molecule has 0 aliphatic rings. The Morgan fingerprint density at radius 1 is 1.05 bits per heavy atom. The molecule has 0 aliphatic carbocycles. The minimum atomic E-state index is -3.71. The van der Waals surface area contributed by atoms with E-state index in [-0.39, 0.29) is 15.7 Å². The van der Waals surface area contributed by atoms with Crippen LogP contribution in [0.15, 0.2) is 38.7 Å². The molecule has 2 aromatic rings. The standard InChI is InChI=1S/C11H12N2O5S2/c1-19(14,15)9-4-3-7(5-10(9)20(2,16)17)8-6-13-18-11(8)12/h3-6H,12H2,1-2H3. The lowest BCUT2D eigenvalue weighted by Crippen LogP contribution is -2.07. The van der Waals surface area contributed by atoms with E-state index in [1.807, 2.05) is 0 Å². The maximum atomic E-state index is 11.8. The molecule has 0 fully saturated rings. The molecule has 7 nitrogen and oxygen atoms in total. The first-order chi connectivity index (χ1) is 9.10. The SMILES string of the molecule is CS(=O)(=O)c1ccc(-c2cnoc2N)cc1S(C)(=O)=O. The highest BCUT2D eigenvalue weighted by molar-refractivity contribution is 7.93. The van der Waals surface area contributed by atoms with Crippen molar-refractivity contribution < 1.29 is 21.4 Å². The van der Waals surface area contributed by atoms with E-state index in [4.69, 9.17) is 10.3 Å². The van der Waals surface area contributed by atoms with E-state index in [2.05, 4.69) is 5.16 Å². The summed E-state index contributed by atoms with van der Waals surface area (Å²) in [6.07, 6.45) is 3.22. The van der Waals surface area contributed by atoms with E-state index in [1.165, 1.54) is 24.4 Å². The van der Waals surface area contributed by atoms with Gasteiger partial charge in [-0.3, -0.25) is 0 Å². The number of nitrogens with zero attached hydrogens (tertiary/aromatic N) is 1. The maximum Gasteiger partial charge on any atom is 0.229 e. The Labute approximate surface area is 116 Å². The molecule has 0 radical (unpaired) electrons. The molecule has 108 valence electrons. The summed E-state index contributed by atoms with van der Waals surface area (Å²) >= 11 is 0. The van der Waals surface area contributed by atoms with Gasteiger partial charge in [-0.1, -0.05) is 11.2 Å². The summed E-state index contributed by atoms with van der Waals surface area (Å²) in [5.74, 6) is 0.0246. The molecule has 9 heteroatoms. The fourth-order valence-corrected chi connectivity index (χ4v) is 4.16. The van der Waals surface area contributed by atoms with Gasteiger partial charge in [-0.05, 0) is 17.7 Å². The molecule has 2 N–H and O–H groups in total. The minimum Gasteiger partial charge on any atom is -0.367 e. The smallest absolute Gasteiger partial charge is 0.229 e. The van der Waals surface area contributed by atoms with Crippen molar-refractivity contribution >= 4 is 25.6 Å². The number of sulfone groups is 2. The molecule has 0 amide bonds. The summed E-state index contributed by atoms with van der Waals surface area (Å²) in [4.78, 5) is -0.531. The van der Waals surface area contributed by atoms with Gasteiger partial charge in [-0.25, -0.2) is 16.8 Å². The number of aromatic nitrogens is 1. The molecule has 0 atom stereocenters. The predicted molar refractivity (Wildman–Crippen MR) is 72.6 cm³/mol. The van der Waals surface area contributed by atoms with Crippen LogP contribution in [0.4, 0.5) is 5.88 Å². The molecule has 20 heavy (non-hydrogen) atoms. The molecule has 1 aromatic carbocycles. The second-order valence-corrected chi connectivity index (χ2v) is 8.28. The zero-order valence-electron chi connectivity index (χ0n) is 10.7. The molecular formula is C11H12N2O5S2. The number of hydrogen-bond donors (Lipinski definition) is 1. The van der Waals surface area contributed by atoms with Crippen molar-refractivity contribution in [2.24, 2.45) is 0 Å². The number of hydrogen-bond acceptors (Lipinski definition) is 7. The first-order valence-corrected chi connectivity index (χ1v) is 9.13. The lowest BCUT2D eigenvalue weighted by molar-refractivity contribution is 0.436. The topological polar surface area (TPSA) is 120 Å². The third-order valence-corrected chi connectivity index (χ3v) is 5.07. The summed E-state index contributed by atoms with van der Waals surface area (Å²) in [7, 11) is -7.38. The highest BCUT2D eigenvalue weighted by Gasteiger charge is 2.22. The van der Waals surface area contributed by atoms with Crippen LogP contribution in [0.5, 0.6) is 0 Å². The van der Waals surface area contributed by atoms with Crippen LogP contribution in [-0.4, -0.2) is 34.5 Å². The van der Waals surface area contributed by atoms with Gasteiger partial charge in [0, 0.05) is 12.5 Å². The van der Waals surface area contributed by atoms with Gasteiger partial charge in [0.1, 0.15) is 0 Å². The van der Waals surface area contributed by atoms with Crippen molar-refractivity contribution in [3.63, 3.8) is 0 Å². The monoisotopic (exact) mass is 316 g/mol. The molecule has 0 unspecified atom stereocenters. The first-order valence-electron chi connectivity index (χ1n) is 5.35. The highest BCUT2D eigenvalue weighted by atomic mass is 32.2. The normalized spacial score (nSPS) is 12.5. The van der Waals surface area contributed by atoms with Crippen LogP contribution in [-0.2, 0) is 19.7 Å². The third kappa shape index (κ3) is 2.68. The number of nitrogen functional groups attached to an aromatic ring is 1. The average molecular weight is 316 g/mol. The molecule has 0 aliphatic heterocycles. The second kappa shape index (κ2) is 4.60. The van der Waals surface area contributed by atoms with Gasteiger partial charge in [0.25, 0.3) is 0 Å². The van der Waals surface area contributed by atoms with Crippen LogP contribution in [0.3, 0.4) is 0 Å². The van der Waals surface area contributed by atoms with Crippen LogP contribution >= 0.6 is 0 Å². The summed E-state index contributed by atoms with van der Waals surface area (Å²) in [6.45, 7) is 0. The Morgan fingerprint density at radius 3 is 2.10 bits per heavy atom. The molecule has 1 heterocycles. The highest BCUT2D eigenvalue weighted by Crippen LogP contribution is 2.30. The average Bonchev–Trinajstić information content (AvgIpc) is 2.72. The number of rotatable bonds is 3. The maximum absolute atomic E-state index is 11.8. The summed E-state index contributed by atoms with van der Waals surface area (Å²) in [5, 5.41) is 3.49. The van der Waals surface area contributed by atoms with E-state index >= 15 is 0 Å². The van der Waals surface area contributed by atoms with Crippen LogP contribution in [0.2, 0.25) is 0 Å². The Bertz CT molecular complexity index is 866. The van der Waals surface area contributed by atoms with Crippen LogP contribution in [0, 0.1) is 0 Å². The second-order valence-electron chi connectivity index (χ2n) is 4.31. The van der Waals surface area contributed by atoms with Crippen LogP contribution < -0.4 is 5.73 Å². The van der Waals surface area contributed by atoms with Crippen molar-refractivity contribution in [3.8, 4) is 11.1 Å². The van der Waals surface area contributed by atoms with Crippen LogP contribution in [0.25, 0.3) is 11.1 Å². The number of nitrogens with two attached hydrogens (primary N) is 1. The summed E-state index contributed by atoms with van der Waals surface area (Å²) in [6, 6.07) is 3.93. The van der Waals surface area contributed by atoms with Gasteiger partial charge >= 0.3 is 0 Å². The minimum absolute atomic E-state index is 0.0246. The fraction of sp³-hybridized carbons (Fsp3) is 0.182. The Hall–Kier alpha value is -1.87. The molecule has 0 bridgehead atoms. The molecule has 0 saturated heterocycles. The zero-order chi connectivity index (χ0) is 15.1. The van der Waals surface area contributed by atoms with E-state index in [0.29, 0.717) is 11.1 Å². The number of anilines is 1. The quantitative estimate of drug-likeness (QED) is 0.886.